The molecule has 3 N–H and O–H groups in total. The van der Waals surface area contributed by atoms with Gasteiger partial charge in [-0.05, 0) is 60.1 Å². The fraction of sp³-hybridized carbons (Fsp3) is 0.400. The third-order valence-electron chi connectivity index (χ3n) is 4.38. The van der Waals surface area contributed by atoms with Crippen LogP contribution in [0.4, 0.5) is 0 Å². The average molecular weight is 313 g/mol. The number of hydrogen-bond acceptors (Lipinski definition) is 3. The molecule has 3 heteroatoms. The molecule has 0 aromatic heterocycles. The van der Waals surface area contributed by atoms with Crippen molar-refractivity contribution in [3.8, 4) is 11.5 Å². The Bertz CT molecular complexity index is 578. The van der Waals surface area contributed by atoms with Crippen molar-refractivity contribution in [3.63, 3.8) is 0 Å². The van der Waals surface area contributed by atoms with Crippen LogP contribution in [-0.4, -0.2) is 18.3 Å². The normalized spacial score (nSPS) is 13.5. The number of rotatable bonds is 8. The zero-order chi connectivity index (χ0) is 16.7. The zero-order valence-electron chi connectivity index (χ0n) is 14.0. The van der Waals surface area contributed by atoms with Crippen LogP contribution in [0.1, 0.15) is 49.7 Å². The number of benzene rings is 2. The van der Waals surface area contributed by atoms with Gasteiger partial charge in [0.15, 0.2) is 0 Å². The Morgan fingerprint density at radius 3 is 1.78 bits per heavy atom. The van der Waals surface area contributed by atoms with Crippen LogP contribution >= 0.6 is 0 Å². The van der Waals surface area contributed by atoms with Crippen molar-refractivity contribution < 1.29 is 9.84 Å². The van der Waals surface area contributed by atoms with Gasteiger partial charge in [-0.15, -0.1) is 0 Å². The lowest BCUT2D eigenvalue weighted by Gasteiger charge is -2.26. The van der Waals surface area contributed by atoms with Crippen LogP contribution in [-0.2, 0) is 0 Å². The summed E-state index contributed by atoms with van der Waals surface area (Å²) in [6.45, 7) is 5.52. The maximum Gasteiger partial charge on any atom is 0.119 e. The van der Waals surface area contributed by atoms with Crippen molar-refractivity contribution in [1.82, 2.24) is 0 Å². The summed E-state index contributed by atoms with van der Waals surface area (Å²) in [5, 5.41) is 9.50. The number of phenols is 1. The minimum absolute atomic E-state index is 0.318. The second kappa shape index (κ2) is 8.59. The number of aromatic hydroxyl groups is 1. The Morgan fingerprint density at radius 1 is 0.870 bits per heavy atom. The molecule has 0 aliphatic rings. The van der Waals surface area contributed by atoms with Crippen LogP contribution in [0.15, 0.2) is 48.5 Å². The Hall–Kier alpha value is -2.00. The summed E-state index contributed by atoms with van der Waals surface area (Å²) in [6.07, 6.45) is 2.14. The van der Waals surface area contributed by atoms with E-state index >= 15 is 0 Å². The fourth-order valence-electron chi connectivity index (χ4n) is 3.21. The number of phenolic OH excluding ortho intramolecular Hbond substituents is 1. The Morgan fingerprint density at radius 2 is 1.35 bits per heavy atom. The molecule has 0 unspecified atom stereocenters. The Labute approximate surface area is 139 Å². The van der Waals surface area contributed by atoms with Crippen LogP contribution in [0.2, 0.25) is 0 Å². The van der Waals surface area contributed by atoms with Gasteiger partial charge >= 0.3 is 0 Å². The van der Waals surface area contributed by atoms with E-state index in [1.54, 1.807) is 12.1 Å². The molecule has 0 aliphatic carbocycles. The first-order valence-corrected chi connectivity index (χ1v) is 8.41. The van der Waals surface area contributed by atoms with E-state index in [-0.39, 0.29) is 0 Å². The molecule has 0 fully saturated rings. The van der Waals surface area contributed by atoms with Gasteiger partial charge in [0.1, 0.15) is 18.1 Å². The summed E-state index contributed by atoms with van der Waals surface area (Å²) in [6, 6.07) is 16.0. The molecule has 3 nitrogen and oxygen atoms in total. The van der Waals surface area contributed by atoms with Crippen molar-refractivity contribution in [1.29, 1.82) is 0 Å². The highest BCUT2D eigenvalue weighted by molar-refractivity contribution is 5.34. The smallest absolute Gasteiger partial charge is 0.119 e. The predicted molar refractivity (Wildman–Crippen MR) is 95.2 cm³/mol. The molecule has 0 heterocycles. The lowest BCUT2D eigenvalue weighted by Crippen LogP contribution is -2.11. The van der Waals surface area contributed by atoms with Crippen LogP contribution in [0.25, 0.3) is 0 Å². The minimum atomic E-state index is 0.318. The topological polar surface area (TPSA) is 55.5 Å². The van der Waals surface area contributed by atoms with Crippen LogP contribution in [0, 0.1) is 0 Å². The van der Waals surface area contributed by atoms with Crippen molar-refractivity contribution in [2.45, 2.75) is 38.5 Å². The van der Waals surface area contributed by atoms with Crippen LogP contribution in [0.5, 0.6) is 11.5 Å². The van der Waals surface area contributed by atoms with E-state index in [1.165, 1.54) is 11.1 Å². The molecular weight excluding hydrogens is 286 g/mol. The lowest BCUT2D eigenvalue weighted by molar-refractivity contribution is 0.328. The van der Waals surface area contributed by atoms with Gasteiger partial charge in [-0.25, -0.2) is 0 Å². The van der Waals surface area contributed by atoms with Gasteiger partial charge in [-0.2, -0.15) is 0 Å². The Balaban J connectivity index is 2.20. The third kappa shape index (κ3) is 4.49. The summed E-state index contributed by atoms with van der Waals surface area (Å²) in [7, 11) is 0. The van der Waals surface area contributed by atoms with E-state index in [0.29, 0.717) is 30.7 Å². The molecule has 0 saturated heterocycles. The summed E-state index contributed by atoms with van der Waals surface area (Å²) >= 11 is 0. The monoisotopic (exact) mass is 313 g/mol. The summed E-state index contributed by atoms with van der Waals surface area (Å²) in [5.41, 5.74) is 8.07. The van der Waals surface area contributed by atoms with Crippen LogP contribution in [0.3, 0.4) is 0 Å². The highest BCUT2D eigenvalue weighted by Crippen LogP contribution is 2.38. The summed E-state index contributed by atoms with van der Waals surface area (Å²) in [4.78, 5) is 0. The van der Waals surface area contributed by atoms with Crippen molar-refractivity contribution in [2.24, 2.45) is 5.73 Å². The highest BCUT2D eigenvalue weighted by atomic mass is 16.5. The minimum Gasteiger partial charge on any atom is -0.508 e. The predicted octanol–water partition coefficient (Wildman–Crippen LogP) is 4.42. The number of ether oxygens (including phenoxy) is 1. The van der Waals surface area contributed by atoms with Crippen molar-refractivity contribution >= 4 is 0 Å². The highest BCUT2D eigenvalue weighted by Gasteiger charge is 2.22. The van der Waals surface area contributed by atoms with E-state index in [4.69, 9.17) is 10.5 Å². The average Bonchev–Trinajstić information content (AvgIpc) is 2.59. The van der Waals surface area contributed by atoms with Gasteiger partial charge in [0.05, 0.1) is 0 Å². The van der Waals surface area contributed by atoms with Crippen molar-refractivity contribution in [3.05, 3.63) is 59.7 Å². The van der Waals surface area contributed by atoms with Gasteiger partial charge in [0, 0.05) is 6.54 Å². The van der Waals surface area contributed by atoms with Crippen LogP contribution < -0.4 is 10.5 Å². The van der Waals surface area contributed by atoms with Gasteiger partial charge < -0.3 is 15.6 Å². The van der Waals surface area contributed by atoms with E-state index in [2.05, 4.69) is 26.0 Å². The van der Waals surface area contributed by atoms with E-state index in [1.807, 2.05) is 24.3 Å². The molecule has 2 rings (SSSR count). The molecule has 2 atom stereocenters. The SMILES string of the molecule is CC[C@H](c1ccc(OCCN)cc1)[C@@H](CC)c1ccc(O)cc1. The molecule has 0 amide bonds. The maximum atomic E-state index is 9.50. The van der Waals surface area contributed by atoms with Gasteiger partial charge in [-0.3, -0.25) is 0 Å². The Kier molecular flexibility index (Phi) is 6.48. The molecular formula is C20H27NO2. The first kappa shape index (κ1) is 17.4. The molecule has 0 aliphatic heterocycles. The molecule has 2 aromatic rings. The number of nitrogens with two attached hydrogens (primary N) is 1. The van der Waals surface area contributed by atoms with Gasteiger partial charge in [0.2, 0.25) is 0 Å². The lowest BCUT2D eigenvalue weighted by atomic mass is 9.78. The molecule has 0 saturated carbocycles. The summed E-state index contributed by atoms with van der Waals surface area (Å²) in [5.74, 6) is 2.08. The quantitative estimate of drug-likeness (QED) is 0.758. The van der Waals surface area contributed by atoms with E-state index < -0.39 is 0 Å². The molecule has 0 spiro atoms. The second-order valence-corrected chi connectivity index (χ2v) is 5.83. The standard InChI is InChI=1S/C20H27NO2/c1-3-19(15-5-9-17(22)10-6-15)20(4-2)16-7-11-18(12-8-16)23-14-13-21/h5-12,19-20,22H,3-4,13-14,21H2,1-2H3/t19-,20+/m0/s1. The van der Waals surface area contributed by atoms with Gasteiger partial charge in [-0.1, -0.05) is 38.1 Å². The largest absolute Gasteiger partial charge is 0.508 e. The van der Waals surface area contributed by atoms with Crippen molar-refractivity contribution in [2.75, 3.05) is 13.2 Å². The molecule has 0 bridgehead atoms. The number of hydrogen-bond donors (Lipinski definition) is 2. The van der Waals surface area contributed by atoms with Gasteiger partial charge in [0.25, 0.3) is 0 Å². The van der Waals surface area contributed by atoms with E-state index in [9.17, 15) is 5.11 Å². The summed E-state index contributed by atoms with van der Waals surface area (Å²) < 4.78 is 5.56. The first-order valence-electron chi connectivity index (χ1n) is 8.41. The van der Waals surface area contributed by atoms with E-state index in [0.717, 1.165) is 18.6 Å². The zero-order valence-corrected chi connectivity index (χ0v) is 14.0. The first-order chi connectivity index (χ1) is 11.2. The molecule has 124 valence electrons. The molecule has 2 aromatic carbocycles. The molecule has 0 radical (unpaired) electrons. The fourth-order valence-corrected chi connectivity index (χ4v) is 3.21. The molecule has 23 heavy (non-hydrogen) atoms. The third-order valence-corrected chi connectivity index (χ3v) is 4.38. The maximum absolute atomic E-state index is 9.50. The second-order valence-electron chi connectivity index (χ2n) is 5.83.